The Hall–Kier alpha value is -1.59. The van der Waals surface area contributed by atoms with Crippen molar-refractivity contribution < 1.29 is 0 Å². The Balaban J connectivity index is 1.76. The normalized spacial score (nSPS) is 12.5. The van der Waals surface area contributed by atoms with Crippen molar-refractivity contribution in [3.05, 3.63) is 51.5 Å². The van der Waals surface area contributed by atoms with E-state index < -0.39 is 0 Å². The van der Waals surface area contributed by atoms with Crippen molar-refractivity contribution >= 4 is 23.1 Å². The van der Waals surface area contributed by atoms with Gasteiger partial charge in [-0.3, -0.25) is 4.98 Å². The van der Waals surface area contributed by atoms with E-state index in [1.165, 1.54) is 21.0 Å². The molecule has 0 saturated heterocycles. The maximum atomic E-state index is 4.68. The van der Waals surface area contributed by atoms with E-state index in [1.54, 1.807) is 23.1 Å². The number of pyridine rings is 1. The Labute approximate surface area is 164 Å². The van der Waals surface area contributed by atoms with Crippen LogP contribution >= 0.6 is 23.1 Å². The molecule has 0 aliphatic heterocycles. The monoisotopic (exact) mass is 385 g/mol. The topological polar surface area (TPSA) is 38.7 Å². The molecule has 3 nitrogen and oxygen atoms in total. The van der Waals surface area contributed by atoms with E-state index in [9.17, 15) is 0 Å². The molecular formula is C21H27N3S2. The molecule has 5 heteroatoms. The van der Waals surface area contributed by atoms with E-state index in [-0.39, 0.29) is 10.8 Å². The number of hydrogen-bond donors (Lipinski definition) is 0. The van der Waals surface area contributed by atoms with Crippen LogP contribution in [0.5, 0.6) is 0 Å². The molecule has 0 aliphatic carbocycles. The highest BCUT2D eigenvalue weighted by molar-refractivity contribution is 7.06. The minimum Gasteiger partial charge on any atom is -0.254 e. The number of hydrogen-bond acceptors (Lipinski definition) is 5. The zero-order chi connectivity index (χ0) is 18.9. The Morgan fingerprint density at radius 2 is 1.62 bits per heavy atom. The summed E-state index contributed by atoms with van der Waals surface area (Å²) >= 11 is 3.20. The number of nitrogens with zero attached hydrogens (tertiary/aromatic N) is 3. The molecule has 26 heavy (non-hydrogen) atoms. The van der Waals surface area contributed by atoms with Crippen LogP contribution < -0.4 is 0 Å². The molecular weight excluding hydrogens is 358 g/mol. The molecule has 0 aromatic carbocycles. The average molecular weight is 386 g/mol. The summed E-state index contributed by atoms with van der Waals surface area (Å²) in [6, 6.07) is 8.69. The standard InChI is InChI=1S/C21H27N3S2/c1-7-15-10-19(26-23-15)21(5,6)12-14-8-9-16(22-13-14)17-11-18(25-24-17)20(2,3)4/h8-11,13H,7,12H2,1-6H3. The van der Waals surface area contributed by atoms with Crippen LogP contribution in [-0.2, 0) is 23.7 Å². The predicted octanol–water partition coefficient (Wildman–Crippen LogP) is 6.04. The second kappa shape index (κ2) is 7.20. The highest BCUT2D eigenvalue weighted by Crippen LogP contribution is 2.32. The quantitative estimate of drug-likeness (QED) is 0.537. The van der Waals surface area contributed by atoms with Crippen molar-refractivity contribution in [1.82, 2.24) is 13.7 Å². The van der Waals surface area contributed by atoms with E-state index in [0.29, 0.717) is 0 Å². The molecule has 0 atom stereocenters. The van der Waals surface area contributed by atoms with Gasteiger partial charge in [0.25, 0.3) is 0 Å². The summed E-state index contributed by atoms with van der Waals surface area (Å²) in [7, 11) is 0. The van der Waals surface area contributed by atoms with Crippen molar-refractivity contribution in [2.45, 2.75) is 65.2 Å². The molecule has 0 aliphatic rings. The first-order valence-electron chi connectivity index (χ1n) is 9.07. The first-order valence-corrected chi connectivity index (χ1v) is 10.6. The van der Waals surface area contributed by atoms with Gasteiger partial charge in [0.05, 0.1) is 11.4 Å². The summed E-state index contributed by atoms with van der Waals surface area (Å²) < 4.78 is 9.13. The highest BCUT2D eigenvalue weighted by Gasteiger charge is 2.24. The van der Waals surface area contributed by atoms with Gasteiger partial charge in [-0.05, 0) is 65.1 Å². The lowest BCUT2D eigenvalue weighted by Gasteiger charge is -2.22. The smallest absolute Gasteiger partial charge is 0.103 e. The minimum atomic E-state index is 0.0638. The van der Waals surface area contributed by atoms with Crippen LogP contribution in [0, 0.1) is 0 Å². The van der Waals surface area contributed by atoms with Gasteiger partial charge in [0, 0.05) is 21.4 Å². The van der Waals surface area contributed by atoms with E-state index in [2.05, 4.69) is 79.5 Å². The molecule has 0 fully saturated rings. The largest absolute Gasteiger partial charge is 0.254 e. The van der Waals surface area contributed by atoms with Crippen LogP contribution in [0.25, 0.3) is 11.4 Å². The van der Waals surface area contributed by atoms with Crippen LogP contribution in [0.4, 0.5) is 0 Å². The molecule has 3 heterocycles. The summed E-state index contributed by atoms with van der Waals surface area (Å²) in [6.07, 6.45) is 3.94. The van der Waals surface area contributed by atoms with Gasteiger partial charge in [-0.1, -0.05) is 47.6 Å². The summed E-state index contributed by atoms with van der Waals surface area (Å²) in [5.41, 5.74) is 4.55. The van der Waals surface area contributed by atoms with Crippen LogP contribution in [-0.4, -0.2) is 13.7 Å². The average Bonchev–Trinajstić information content (AvgIpc) is 3.24. The SMILES string of the molecule is CCc1cc(C(C)(C)Cc2ccc(-c3cc(C(C)(C)C)sn3)nc2)sn1. The minimum absolute atomic E-state index is 0.0638. The van der Waals surface area contributed by atoms with Gasteiger partial charge < -0.3 is 0 Å². The van der Waals surface area contributed by atoms with Gasteiger partial charge >= 0.3 is 0 Å². The van der Waals surface area contributed by atoms with Gasteiger partial charge in [-0.15, -0.1) is 0 Å². The van der Waals surface area contributed by atoms with Gasteiger partial charge in [-0.2, -0.15) is 8.75 Å². The third kappa shape index (κ3) is 4.21. The second-order valence-corrected chi connectivity index (χ2v) is 10.1. The lowest BCUT2D eigenvalue weighted by atomic mass is 9.84. The molecule has 3 aromatic heterocycles. The van der Waals surface area contributed by atoms with E-state index in [1.807, 2.05) is 6.20 Å². The third-order valence-corrected chi connectivity index (χ3v) is 6.98. The lowest BCUT2D eigenvalue weighted by Crippen LogP contribution is -2.19. The van der Waals surface area contributed by atoms with Gasteiger partial charge in [0.1, 0.15) is 5.69 Å². The van der Waals surface area contributed by atoms with Crippen molar-refractivity contribution in [3.8, 4) is 11.4 Å². The number of aromatic nitrogens is 3. The van der Waals surface area contributed by atoms with Crippen LogP contribution in [0.1, 0.15) is 62.6 Å². The van der Waals surface area contributed by atoms with Crippen molar-refractivity contribution in [2.24, 2.45) is 0 Å². The first-order chi connectivity index (χ1) is 12.2. The van der Waals surface area contributed by atoms with E-state index in [4.69, 9.17) is 0 Å². The lowest BCUT2D eigenvalue weighted by molar-refractivity contribution is 0.532. The molecule has 0 radical (unpaired) electrons. The van der Waals surface area contributed by atoms with Crippen LogP contribution in [0.15, 0.2) is 30.5 Å². The third-order valence-electron chi connectivity index (χ3n) is 4.57. The molecule has 138 valence electrons. The molecule has 0 N–H and O–H groups in total. The van der Waals surface area contributed by atoms with E-state index >= 15 is 0 Å². The molecule has 3 aromatic rings. The van der Waals surface area contributed by atoms with Crippen LogP contribution in [0.2, 0.25) is 0 Å². The molecule has 0 amide bonds. The highest BCUT2D eigenvalue weighted by atomic mass is 32.1. The van der Waals surface area contributed by atoms with Gasteiger partial charge in [-0.25, -0.2) is 0 Å². The molecule has 0 bridgehead atoms. The summed E-state index contributed by atoms with van der Waals surface area (Å²) in [6.45, 7) is 13.4. The van der Waals surface area contributed by atoms with E-state index in [0.717, 1.165) is 24.2 Å². The van der Waals surface area contributed by atoms with Gasteiger partial charge in [0.15, 0.2) is 0 Å². The maximum absolute atomic E-state index is 4.68. The Morgan fingerprint density at radius 3 is 2.15 bits per heavy atom. The molecule has 3 rings (SSSR count). The first kappa shape index (κ1) is 19.2. The van der Waals surface area contributed by atoms with Crippen LogP contribution in [0.3, 0.4) is 0 Å². The zero-order valence-corrected chi connectivity index (χ0v) is 18.1. The molecule has 0 saturated carbocycles. The summed E-state index contributed by atoms with van der Waals surface area (Å²) in [5, 5.41) is 0. The fraction of sp³-hybridized carbons (Fsp3) is 0.476. The molecule has 0 spiro atoms. The molecule has 0 unspecified atom stereocenters. The zero-order valence-electron chi connectivity index (χ0n) is 16.5. The second-order valence-electron chi connectivity index (χ2n) is 8.47. The predicted molar refractivity (Wildman–Crippen MR) is 112 cm³/mol. The van der Waals surface area contributed by atoms with Crippen molar-refractivity contribution in [3.63, 3.8) is 0 Å². The Morgan fingerprint density at radius 1 is 0.885 bits per heavy atom. The number of rotatable bonds is 5. The summed E-state index contributed by atoms with van der Waals surface area (Å²) in [4.78, 5) is 7.30. The fourth-order valence-electron chi connectivity index (χ4n) is 2.82. The van der Waals surface area contributed by atoms with Gasteiger partial charge in [0.2, 0.25) is 0 Å². The maximum Gasteiger partial charge on any atom is 0.103 e. The fourth-order valence-corrected chi connectivity index (χ4v) is 4.51. The number of aryl methyl sites for hydroxylation is 1. The Bertz CT molecular complexity index is 867. The van der Waals surface area contributed by atoms with Crippen molar-refractivity contribution in [2.75, 3.05) is 0 Å². The van der Waals surface area contributed by atoms with Crippen molar-refractivity contribution in [1.29, 1.82) is 0 Å². The summed E-state index contributed by atoms with van der Waals surface area (Å²) in [5.74, 6) is 0. The Kier molecular flexibility index (Phi) is 5.31.